The molecule has 4 heteroatoms. The Balaban J connectivity index is 2.26. The highest BCUT2D eigenvalue weighted by Crippen LogP contribution is 2.21. The molecule has 1 N–H and O–H groups in total. The highest BCUT2D eigenvalue weighted by molar-refractivity contribution is 5.47. The van der Waals surface area contributed by atoms with Crippen LogP contribution in [-0.2, 0) is 13.5 Å². The largest absolute Gasteiger partial charge is 0.366 e. The molecule has 0 aliphatic carbocycles. The first-order valence-corrected chi connectivity index (χ1v) is 5.98. The summed E-state index contributed by atoms with van der Waals surface area (Å²) in [5.74, 6) is 0. The van der Waals surface area contributed by atoms with Crippen molar-refractivity contribution in [1.82, 2.24) is 9.78 Å². The zero-order valence-electron chi connectivity index (χ0n) is 10.6. The number of nitrogens with one attached hydrogen (secondary N) is 1. The molecule has 2 aromatic rings. The van der Waals surface area contributed by atoms with Gasteiger partial charge in [0, 0.05) is 24.5 Å². The quantitative estimate of drug-likeness (QED) is 0.893. The maximum atomic E-state index is 9.32. The van der Waals surface area contributed by atoms with Crippen LogP contribution >= 0.6 is 0 Å². The van der Waals surface area contributed by atoms with Crippen molar-refractivity contribution in [1.29, 1.82) is 5.26 Å². The van der Waals surface area contributed by atoms with E-state index >= 15 is 0 Å². The lowest BCUT2D eigenvalue weighted by Crippen LogP contribution is -2.09. The third-order valence-corrected chi connectivity index (χ3v) is 2.80. The molecule has 1 heterocycles. The number of hydrogen-bond donors (Lipinski definition) is 1. The second kappa shape index (κ2) is 5.37. The van der Waals surface area contributed by atoms with Crippen LogP contribution in [0.3, 0.4) is 0 Å². The van der Waals surface area contributed by atoms with Crippen LogP contribution in [0.2, 0.25) is 0 Å². The summed E-state index contributed by atoms with van der Waals surface area (Å²) in [5.41, 5.74) is 2.86. The Hall–Kier alpha value is -2.28. The number of rotatable bonds is 4. The summed E-state index contributed by atoms with van der Waals surface area (Å²) in [5, 5.41) is 16.9. The second-order valence-electron chi connectivity index (χ2n) is 4.13. The monoisotopic (exact) mass is 240 g/mol. The zero-order chi connectivity index (χ0) is 13.0. The Labute approximate surface area is 107 Å². The molecule has 0 aliphatic rings. The van der Waals surface area contributed by atoms with Crippen molar-refractivity contribution >= 4 is 5.69 Å². The second-order valence-corrected chi connectivity index (χ2v) is 4.13. The number of nitrogens with zero attached hydrogens (tertiary/aromatic N) is 3. The minimum atomic E-state index is -0.365. The van der Waals surface area contributed by atoms with Crippen LogP contribution in [0, 0.1) is 11.3 Å². The highest BCUT2D eigenvalue weighted by atomic mass is 15.3. The number of hydrogen-bond acceptors (Lipinski definition) is 3. The van der Waals surface area contributed by atoms with Gasteiger partial charge in [0.15, 0.2) is 0 Å². The molecule has 1 aromatic carbocycles. The Bertz CT molecular complexity index is 551. The normalized spacial score (nSPS) is 11.8. The molecule has 18 heavy (non-hydrogen) atoms. The Morgan fingerprint density at radius 2 is 2.11 bits per heavy atom. The number of nitriles is 1. The molecule has 0 bridgehead atoms. The lowest BCUT2D eigenvalue weighted by molar-refractivity contribution is 0.746. The minimum Gasteiger partial charge on any atom is -0.366 e. The number of para-hydroxylation sites is 1. The van der Waals surface area contributed by atoms with E-state index in [4.69, 9.17) is 0 Å². The first-order valence-electron chi connectivity index (χ1n) is 5.98. The Kier molecular flexibility index (Phi) is 3.63. The standard InChI is InChI=1S/C14H16N4/c1-3-13-12(10-18(2)17-13)14(9-15)16-11-7-5-4-6-8-11/h4-8,10,14,16H,3H2,1-2H3. The first-order chi connectivity index (χ1) is 8.74. The van der Waals surface area contributed by atoms with E-state index in [0.29, 0.717) is 0 Å². The molecule has 2 rings (SSSR count). The predicted octanol–water partition coefficient (Wildman–Crippen LogP) is 2.66. The molecule has 92 valence electrons. The van der Waals surface area contributed by atoms with Crippen LogP contribution in [0.25, 0.3) is 0 Å². The zero-order valence-corrected chi connectivity index (χ0v) is 10.6. The van der Waals surface area contributed by atoms with Crippen LogP contribution in [0.1, 0.15) is 24.2 Å². The lowest BCUT2D eigenvalue weighted by Gasteiger charge is -2.12. The molecule has 0 amide bonds. The summed E-state index contributed by atoms with van der Waals surface area (Å²) in [6, 6.07) is 11.7. The van der Waals surface area contributed by atoms with Crippen LogP contribution in [-0.4, -0.2) is 9.78 Å². The summed E-state index contributed by atoms with van der Waals surface area (Å²) >= 11 is 0. The van der Waals surface area contributed by atoms with Gasteiger partial charge >= 0.3 is 0 Å². The van der Waals surface area contributed by atoms with Crippen LogP contribution in [0.4, 0.5) is 5.69 Å². The van der Waals surface area contributed by atoms with Crippen molar-refractivity contribution < 1.29 is 0 Å². The molecule has 0 radical (unpaired) electrons. The maximum absolute atomic E-state index is 9.32. The summed E-state index contributed by atoms with van der Waals surface area (Å²) in [4.78, 5) is 0. The fourth-order valence-corrected chi connectivity index (χ4v) is 1.95. The van der Waals surface area contributed by atoms with E-state index in [1.807, 2.05) is 50.5 Å². The molecule has 0 fully saturated rings. The van der Waals surface area contributed by atoms with E-state index in [2.05, 4.69) is 16.5 Å². The molecule has 1 unspecified atom stereocenters. The lowest BCUT2D eigenvalue weighted by atomic mass is 10.1. The molecule has 0 saturated heterocycles. The van der Waals surface area contributed by atoms with Gasteiger partial charge in [-0.25, -0.2) is 0 Å². The van der Waals surface area contributed by atoms with Crippen molar-refractivity contribution in [3.63, 3.8) is 0 Å². The van der Waals surface area contributed by atoms with Gasteiger partial charge in [-0.1, -0.05) is 25.1 Å². The van der Waals surface area contributed by atoms with Crippen molar-refractivity contribution in [3.05, 3.63) is 47.8 Å². The van der Waals surface area contributed by atoms with Gasteiger partial charge in [-0.15, -0.1) is 0 Å². The average molecular weight is 240 g/mol. The van der Waals surface area contributed by atoms with Crippen molar-refractivity contribution in [2.24, 2.45) is 7.05 Å². The predicted molar refractivity (Wildman–Crippen MR) is 71.0 cm³/mol. The van der Waals surface area contributed by atoms with E-state index in [1.165, 1.54) is 0 Å². The molecular formula is C14H16N4. The van der Waals surface area contributed by atoms with Crippen molar-refractivity contribution in [3.8, 4) is 6.07 Å². The first kappa shape index (κ1) is 12.2. The van der Waals surface area contributed by atoms with Gasteiger partial charge in [-0.2, -0.15) is 10.4 Å². The maximum Gasteiger partial charge on any atom is 0.143 e. The highest BCUT2D eigenvalue weighted by Gasteiger charge is 2.16. The third-order valence-electron chi connectivity index (χ3n) is 2.80. The van der Waals surface area contributed by atoms with E-state index in [0.717, 1.165) is 23.4 Å². The van der Waals surface area contributed by atoms with Crippen LogP contribution in [0.15, 0.2) is 36.5 Å². The van der Waals surface area contributed by atoms with Crippen molar-refractivity contribution in [2.45, 2.75) is 19.4 Å². The fraction of sp³-hybridized carbons (Fsp3) is 0.286. The fourth-order valence-electron chi connectivity index (χ4n) is 1.95. The summed E-state index contributed by atoms with van der Waals surface area (Å²) < 4.78 is 1.76. The Morgan fingerprint density at radius 1 is 1.39 bits per heavy atom. The summed E-state index contributed by atoms with van der Waals surface area (Å²) in [7, 11) is 1.87. The van der Waals surface area contributed by atoms with Gasteiger partial charge in [-0.3, -0.25) is 4.68 Å². The third kappa shape index (κ3) is 2.51. The number of aryl methyl sites for hydroxylation is 2. The summed E-state index contributed by atoms with van der Waals surface area (Å²) in [6.45, 7) is 2.04. The molecule has 0 saturated carbocycles. The van der Waals surface area contributed by atoms with Crippen LogP contribution < -0.4 is 5.32 Å². The summed E-state index contributed by atoms with van der Waals surface area (Å²) in [6.07, 6.45) is 2.73. The van der Waals surface area contributed by atoms with Gasteiger partial charge < -0.3 is 5.32 Å². The molecule has 1 aromatic heterocycles. The average Bonchev–Trinajstić information content (AvgIpc) is 2.78. The van der Waals surface area contributed by atoms with Gasteiger partial charge in [-0.05, 0) is 18.6 Å². The topological polar surface area (TPSA) is 53.6 Å². The minimum absolute atomic E-state index is 0.365. The Morgan fingerprint density at radius 3 is 2.72 bits per heavy atom. The van der Waals surface area contributed by atoms with Gasteiger partial charge in [0.2, 0.25) is 0 Å². The van der Waals surface area contributed by atoms with Gasteiger partial charge in [0.1, 0.15) is 6.04 Å². The van der Waals surface area contributed by atoms with Gasteiger partial charge in [0.25, 0.3) is 0 Å². The molecule has 0 aliphatic heterocycles. The smallest absolute Gasteiger partial charge is 0.143 e. The number of benzene rings is 1. The molecule has 0 spiro atoms. The number of aromatic nitrogens is 2. The SMILES string of the molecule is CCc1nn(C)cc1C(C#N)Nc1ccccc1. The molecule has 4 nitrogen and oxygen atoms in total. The van der Waals surface area contributed by atoms with E-state index in [9.17, 15) is 5.26 Å². The molecule has 1 atom stereocenters. The van der Waals surface area contributed by atoms with E-state index < -0.39 is 0 Å². The van der Waals surface area contributed by atoms with Crippen LogP contribution in [0.5, 0.6) is 0 Å². The number of anilines is 1. The van der Waals surface area contributed by atoms with E-state index in [-0.39, 0.29) is 6.04 Å². The molecular weight excluding hydrogens is 224 g/mol. The van der Waals surface area contributed by atoms with Gasteiger partial charge in [0.05, 0.1) is 11.8 Å². The van der Waals surface area contributed by atoms with E-state index in [1.54, 1.807) is 4.68 Å². The van der Waals surface area contributed by atoms with Crippen molar-refractivity contribution in [2.75, 3.05) is 5.32 Å².